The minimum absolute atomic E-state index is 0.100. The summed E-state index contributed by atoms with van der Waals surface area (Å²) >= 11 is 6.69. The third-order valence-electron chi connectivity index (χ3n) is 2.77. The summed E-state index contributed by atoms with van der Waals surface area (Å²) in [7, 11) is -1.83. The van der Waals surface area contributed by atoms with Crippen molar-refractivity contribution in [3.05, 3.63) is 21.1 Å². The second-order valence-corrected chi connectivity index (χ2v) is 8.00. The number of anilines is 1. The van der Waals surface area contributed by atoms with Gasteiger partial charge in [0.25, 0.3) is 0 Å². The number of halogens is 2. The molecule has 0 aliphatic carbocycles. The summed E-state index contributed by atoms with van der Waals surface area (Å²) in [6.07, 6.45) is 1.45. The second-order valence-electron chi connectivity index (χ2n) is 4.45. The summed E-state index contributed by atoms with van der Waals surface area (Å²) in [5.74, 6) is 0.673. The summed E-state index contributed by atoms with van der Waals surface area (Å²) in [5.41, 5.74) is 0.474. The van der Waals surface area contributed by atoms with Gasteiger partial charge in [0.2, 0.25) is 10.0 Å². The lowest BCUT2D eigenvalue weighted by Crippen LogP contribution is -2.19. The number of hydrogen-bond acceptors (Lipinski definition) is 4. The Morgan fingerprint density at radius 3 is 2.52 bits per heavy atom. The van der Waals surface area contributed by atoms with E-state index in [1.165, 1.54) is 7.11 Å². The molecule has 5 nitrogen and oxygen atoms in total. The lowest BCUT2D eigenvalue weighted by Gasteiger charge is -2.12. The van der Waals surface area contributed by atoms with Crippen LogP contribution in [0.3, 0.4) is 0 Å². The predicted octanol–water partition coefficient (Wildman–Crippen LogP) is 3.35. The minimum atomic E-state index is -3.36. The fourth-order valence-corrected chi connectivity index (χ4v) is 4.28. The summed E-state index contributed by atoms with van der Waals surface area (Å²) in [6.45, 7) is 3.76. The quantitative estimate of drug-likeness (QED) is 0.574. The average molecular weight is 444 g/mol. The highest BCUT2D eigenvalue weighted by atomic mass is 79.9. The number of sulfonamides is 1. The van der Waals surface area contributed by atoms with Crippen LogP contribution in [0.2, 0.25) is 0 Å². The predicted molar refractivity (Wildman–Crippen MR) is 93.6 cm³/mol. The molecule has 0 saturated carbocycles. The molecule has 1 aromatic rings. The van der Waals surface area contributed by atoms with E-state index in [0.29, 0.717) is 22.3 Å². The zero-order chi connectivity index (χ0) is 15.9. The van der Waals surface area contributed by atoms with Crippen molar-refractivity contribution in [2.45, 2.75) is 19.8 Å². The van der Waals surface area contributed by atoms with Crippen LogP contribution in [0.15, 0.2) is 21.1 Å². The van der Waals surface area contributed by atoms with E-state index in [0.717, 1.165) is 24.0 Å². The van der Waals surface area contributed by atoms with E-state index in [4.69, 9.17) is 4.74 Å². The van der Waals surface area contributed by atoms with Gasteiger partial charge in [0.05, 0.1) is 23.0 Å². The van der Waals surface area contributed by atoms with Crippen LogP contribution in [0.1, 0.15) is 19.8 Å². The van der Waals surface area contributed by atoms with Crippen LogP contribution in [0, 0.1) is 0 Å². The lowest BCUT2D eigenvalue weighted by atomic mass is 10.3. The number of rotatable bonds is 9. The Hall–Kier alpha value is -0.310. The van der Waals surface area contributed by atoms with Crippen LogP contribution in [-0.4, -0.2) is 34.4 Å². The van der Waals surface area contributed by atoms with Gasteiger partial charge in [-0.05, 0) is 63.9 Å². The maximum atomic E-state index is 12.1. The topological polar surface area (TPSA) is 67.4 Å². The van der Waals surface area contributed by atoms with Gasteiger partial charge in [0.15, 0.2) is 0 Å². The van der Waals surface area contributed by atoms with Gasteiger partial charge >= 0.3 is 0 Å². The molecule has 8 heteroatoms. The molecule has 0 fully saturated rings. The monoisotopic (exact) mass is 442 g/mol. The summed E-state index contributed by atoms with van der Waals surface area (Å²) in [4.78, 5) is 0. The maximum absolute atomic E-state index is 12.1. The largest absolute Gasteiger partial charge is 0.495 e. The van der Waals surface area contributed by atoms with Gasteiger partial charge in [0.1, 0.15) is 5.75 Å². The fraction of sp³-hybridized carbons (Fsp3) is 0.538. The first-order valence-corrected chi connectivity index (χ1v) is 9.87. The molecular weight excluding hydrogens is 424 g/mol. The molecule has 0 spiro atoms. The fourth-order valence-electron chi connectivity index (χ4n) is 1.70. The standard InChI is InChI=1S/C13H20Br2N2O3S/c1-3-16-6-4-5-7-21(18,19)17-12-9-13(20-2)11(15)8-10(12)14/h8-9,16-17H,3-7H2,1-2H3. The highest BCUT2D eigenvalue weighted by Gasteiger charge is 2.14. The molecule has 0 bridgehead atoms. The third kappa shape index (κ3) is 6.54. The molecule has 0 aliphatic heterocycles. The number of methoxy groups -OCH3 is 1. The third-order valence-corrected chi connectivity index (χ3v) is 5.41. The van der Waals surface area contributed by atoms with Gasteiger partial charge in [-0.2, -0.15) is 0 Å². The SMILES string of the molecule is CCNCCCCS(=O)(=O)Nc1cc(OC)c(Br)cc1Br. The van der Waals surface area contributed by atoms with Crippen LogP contribution in [0.5, 0.6) is 5.75 Å². The normalized spacial score (nSPS) is 11.4. The first kappa shape index (κ1) is 18.7. The van der Waals surface area contributed by atoms with Crippen molar-refractivity contribution in [1.29, 1.82) is 0 Å². The summed E-state index contributed by atoms with van der Waals surface area (Å²) < 4.78 is 33.3. The molecular formula is C13H20Br2N2O3S. The van der Waals surface area contributed by atoms with E-state index >= 15 is 0 Å². The average Bonchev–Trinajstić information content (AvgIpc) is 2.41. The highest BCUT2D eigenvalue weighted by molar-refractivity contribution is 9.11. The van der Waals surface area contributed by atoms with Crippen LogP contribution < -0.4 is 14.8 Å². The highest BCUT2D eigenvalue weighted by Crippen LogP contribution is 2.35. The smallest absolute Gasteiger partial charge is 0.232 e. The van der Waals surface area contributed by atoms with E-state index in [2.05, 4.69) is 41.9 Å². The van der Waals surface area contributed by atoms with E-state index in [1.54, 1.807) is 12.1 Å². The number of ether oxygens (including phenoxy) is 1. The van der Waals surface area contributed by atoms with Crippen LogP contribution >= 0.6 is 31.9 Å². The first-order chi connectivity index (χ1) is 9.89. The Morgan fingerprint density at radius 1 is 1.19 bits per heavy atom. The van der Waals surface area contributed by atoms with Gasteiger partial charge in [-0.15, -0.1) is 0 Å². The Bertz CT molecular complexity index is 565. The molecule has 0 atom stereocenters. The Labute approximate surface area is 143 Å². The molecule has 0 unspecified atom stereocenters. The van der Waals surface area contributed by atoms with Crippen molar-refractivity contribution in [2.24, 2.45) is 0 Å². The zero-order valence-electron chi connectivity index (χ0n) is 12.1. The van der Waals surface area contributed by atoms with Crippen LogP contribution in [0.25, 0.3) is 0 Å². The van der Waals surface area contributed by atoms with E-state index in [9.17, 15) is 8.42 Å². The van der Waals surface area contributed by atoms with Crippen molar-refractivity contribution in [3.8, 4) is 5.75 Å². The van der Waals surface area contributed by atoms with Crippen molar-refractivity contribution >= 4 is 47.6 Å². The molecule has 0 amide bonds. The lowest BCUT2D eigenvalue weighted by molar-refractivity contribution is 0.412. The van der Waals surface area contributed by atoms with Gasteiger partial charge in [0, 0.05) is 10.5 Å². The zero-order valence-corrected chi connectivity index (χ0v) is 16.1. The van der Waals surface area contributed by atoms with Gasteiger partial charge in [-0.3, -0.25) is 4.72 Å². The molecule has 1 rings (SSSR count). The van der Waals surface area contributed by atoms with Crippen LogP contribution in [-0.2, 0) is 10.0 Å². The van der Waals surface area contributed by atoms with Crippen LogP contribution in [0.4, 0.5) is 5.69 Å². The number of nitrogens with one attached hydrogen (secondary N) is 2. The van der Waals surface area contributed by atoms with E-state index in [1.807, 2.05) is 6.92 Å². The molecule has 120 valence electrons. The molecule has 1 aromatic carbocycles. The molecule has 21 heavy (non-hydrogen) atoms. The summed E-state index contributed by atoms with van der Waals surface area (Å²) in [6, 6.07) is 3.40. The first-order valence-electron chi connectivity index (χ1n) is 6.64. The molecule has 0 aliphatic rings. The minimum Gasteiger partial charge on any atom is -0.495 e. The molecule has 0 aromatic heterocycles. The Balaban J connectivity index is 2.66. The maximum Gasteiger partial charge on any atom is 0.232 e. The summed E-state index contributed by atoms with van der Waals surface area (Å²) in [5, 5.41) is 3.17. The van der Waals surface area contributed by atoms with E-state index in [-0.39, 0.29) is 5.75 Å². The van der Waals surface area contributed by atoms with Crippen molar-refractivity contribution in [2.75, 3.05) is 30.7 Å². The molecule has 0 saturated heterocycles. The molecule has 0 heterocycles. The molecule has 0 radical (unpaired) electrons. The van der Waals surface area contributed by atoms with Crippen molar-refractivity contribution in [1.82, 2.24) is 5.32 Å². The Morgan fingerprint density at radius 2 is 1.90 bits per heavy atom. The number of unbranched alkanes of at least 4 members (excludes halogenated alkanes) is 1. The number of hydrogen-bond donors (Lipinski definition) is 2. The molecule has 2 N–H and O–H groups in total. The van der Waals surface area contributed by atoms with Gasteiger partial charge in [-0.25, -0.2) is 8.42 Å². The van der Waals surface area contributed by atoms with Gasteiger partial charge < -0.3 is 10.1 Å². The number of benzene rings is 1. The Kier molecular flexibility index (Phi) is 8.00. The van der Waals surface area contributed by atoms with Crippen molar-refractivity contribution in [3.63, 3.8) is 0 Å². The second kappa shape index (κ2) is 8.97. The van der Waals surface area contributed by atoms with E-state index < -0.39 is 10.0 Å². The van der Waals surface area contributed by atoms with Crippen molar-refractivity contribution < 1.29 is 13.2 Å². The van der Waals surface area contributed by atoms with Gasteiger partial charge in [-0.1, -0.05) is 6.92 Å².